The lowest BCUT2D eigenvalue weighted by atomic mass is 9.96. The summed E-state index contributed by atoms with van der Waals surface area (Å²) in [6.07, 6.45) is 0.981. The molecule has 3 nitrogen and oxygen atoms in total. The molecule has 1 N–H and O–H groups in total. The second-order valence-electron chi connectivity index (χ2n) is 4.84. The zero-order valence-electron chi connectivity index (χ0n) is 11.3. The number of nitrogens with one attached hydrogen (secondary N) is 1. The first-order chi connectivity index (χ1) is 9.81. The molecule has 0 spiro atoms. The summed E-state index contributed by atoms with van der Waals surface area (Å²) in [6, 6.07) is 18.1. The van der Waals surface area contributed by atoms with Gasteiger partial charge in [0.05, 0.1) is 22.7 Å². The average Bonchev–Trinajstić information content (AvgIpc) is 2.91. The first-order valence-electron chi connectivity index (χ1n) is 6.76. The normalized spacial score (nSPS) is 12.2. The molecular formula is C17H15N3. The van der Waals surface area contributed by atoms with Gasteiger partial charge in [0.2, 0.25) is 0 Å². The zero-order valence-corrected chi connectivity index (χ0v) is 11.3. The van der Waals surface area contributed by atoms with Gasteiger partial charge in [-0.3, -0.25) is 0 Å². The van der Waals surface area contributed by atoms with Crippen molar-refractivity contribution in [3.05, 3.63) is 65.5 Å². The molecule has 3 aromatic rings. The highest BCUT2D eigenvalue weighted by Crippen LogP contribution is 2.27. The Morgan fingerprint density at radius 2 is 2.00 bits per heavy atom. The molecule has 20 heavy (non-hydrogen) atoms. The van der Waals surface area contributed by atoms with Crippen LogP contribution in [0.3, 0.4) is 0 Å². The molecule has 0 aliphatic carbocycles. The smallest absolute Gasteiger partial charge is 0.114 e. The molecule has 98 valence electrons. The van der Waals surface area contributed by atoms with E-state index in [0.29, 0.717) is 5.56 Å². The lowest BCUT2D eigenvalue weighted by molar-refractivity contribution is 0.732. The summed E-state index contributed by atoms with van der Waals surface area (Å²) in [4.78, 5) is 8.03. The number of aromatic nitrogens is 2. The fourth-order valence-corrected chi connectivity index (χ4v) is 2.54. The molecule has 0 aliphatic rings. The summed E-state index contributed by atoms with van der Waals surface area (Å²) < 4.78 is 0. The minimum absolute atomic E-state index is 0.258. The van der Waals surface area contributed by atoms with Gasteiger partial charge in [0, 0.05) is 5.92 Å². The third-order valence-electron chi connectivity index (χ3n) is 3.57. The van der Waals surface area contributed by atoms with Gasteiger partial charge in [0.25, 0.3) is 0 Å². The summed E-state index contributed by atoms with van der Waals surface area (Å²) in [7, 11) is 0. The summed E-state index contributed by atoms with van der Waals surface area (Å²) in [5.74, 6) is 1.22. The van der Waals surface area contributed by atoms with Crippen molar-refractivity contribution in [1.29, 1.82) is 5.26 Å². The highest BCUT2D eigenvalue weighted by Gasteiger charge is 2.16. The number of imidazole rings is 1. The van der Waals surface area contributed by atoms with Crippen molar-refractivity contribution < 1.29 is 0 Å². The van der Waals surface area contributed by atoms with E-state index in [-0.39, 0.29) is 5.92 Å². The van der Waals surface area contributed by atoms with Crippen LogP contribution in [0.25, 0.3) is 11.0 Å². The largest absolute Gasteiger partial charge is 0.341 e. The van der Waals surface area contributed by atoms with Crippen LogP contribution in [0, 0.1) is 11.3 Å². The monoisotopic (exact) mass is 261 g/mol. The number of benzene rings is 2. The predicted molar refractivity (Wildman–Crippen MR) is 79.4 cm³/mol. The molecule has 2 aromatic carbocycles. The minimum atomic E-state index is 0.258. The molecule has 0 aliphatic heterocycles. The molecule has 1 heterocycles. The number of rotatable bonds is 3. The van der Waals surface area contributed by atoms with Gasteiger partial charge in [-0.15, -0.1) is 0 Å². The van der Waals surface area contributed by atoms with Gasteiger partial charge in [-0.1, -0.05) is 37.3 Å². The van der Waals surface area contributed by atoms with Gasteiger partial charge in [0.15, 0.2) is 0 Å². The fourth-order valence-electron chi connectivity index (χ4n) is 2.54. The number of H-pyrrole nitrogens is 1. The summed E-state index contributed by atoms with van der Waals surface area (Å²) in [5.41, 5.74) is 3.75. The van der Waals surface area contributed by atoms with Crippen LogP contribution in [0.2, 0.25) is 0 Å². The van der Waals surface area contributed by atoms with Crippen molar-refractivity contribution in [3.63, 3.8) is 0 Å². The Morgan fingerprint density at radius 3 is 2.70 bits per heavy atom. The van der Waals surface area contributed by atoms with Crippen LogP contribution in [0.1, 0.15) is 36.2 Å². The SMILES string of the molecule is CCC(c1ccccc1)c1nc2ccc(C#N)cc2[nH]1. The molecule has 1 aromatic heterocycles. The maximum Gasteiger partial charge on any atom is 0.114 e. The van der Waals surface area contributed by atoms with E-state index in [9.17, 15) is 0 Å². The van der Waals surface area contributed by atoms with Gasteiger partial charge >= 0.3 is 0 Å². The highest BCUT2D eigenvalue weighted by atomic mass is 14.9. The van der Waals surface area contributed by atoms with Crippen LogP contribution >= 0.6 is 0 Å². The standard InChI is InChI=1S/C17H15N3/c1-2-14(13-6-4-3-5-7-13)17-19-15-9-8-12(11-18)10-16(15)20-17/h3-10,14H,2H2,1H3,(H,19,20). The lowest BCUT2D eigenvalue weighted by Crippen LogP contribution is -2.01. The molecule has 0 fully saturated rings. The van der Waals surface area contributed by atoms with Crippen molar-refractivity contribution in [2.45, 2.75) is 19.3 Å². The maximum atomic E-state index is 8.95. The van der Waals surface area contributed by atoms with Crippen LogP contribution in [-0.4, -0.2) is 9.97 Å². The second-order valence-corrected chi connectivity index (χ2v) is 4.84. The van der Waals surface area contributed by atoms with Crippen molar-refractivity contribution in [2.75, 3.05) is 0 Å². The molecule has 0 radical (unpaired) electrons. The van der Waals surface area contributed by atoms with Crippen molar-refractivity contribution in [2.24, 2.45) is 0 Å². The molecule has 0 amide bonds. The minimum Gasteiger partial charge on any atom is -0.341 e. The topological polar surface area (TPSA) is 52.5 Å². The first-order valence-corrected chi connectivity index (χ1v) is 6.76. The number of nitrogens with zero attached hydrogens (tertiary/aromatic N) is 2. The van der Waals surface area contributed by atoms with E-state index in [2.05, 4.69) is 47.2 Å². The quantitative estimate of drug-likeness (QED) is 0.775. The van der Waals surface area contributed by atoms with Gasteiger partial charge < -0.3 is 4.98 Å². The second kappa shape index (κ2) is 5.18. The van der Waals surface area contributed by atoms with E-state index in [1.807, 2.05) is 18.2 Å². The third kappa shape index (κ3) is 2.17. The number of aromatic amines is 1. The Labute approximate surface area is 117 Å². The number of nitriles is 1. The molecular weight excluding hydrogens is 246 g/mol. The molecule has 1 atom stereocenters. The Morgan fingerprint density at radius 1 is 1.20 bits per heavy atom. The van der Waals surface area contributed by atoms with Crippen LogP contribution in [0.15, 0.2) is 48.5 Å². The summed E-state index contributed by atoms with van der Waals surface area (Å²) >= 11 is 0. The summed E-state index contributed by atoms with van der Waals surface area (Å²) in [6.45, 7) is 2.16. The number of hydrogen-bond acceptors (Lipinski definition) is 2. The Kier molecular flexibility index (Phi) is 3.22. The Balaban J connectivity index is 2.07. The van der Waals surface area contributed by atoms with Crippen LogP contribution < -0.4 is 0 Å². The fraction of sp³-hybridized carbons (Fsp3) is 0.176. The van der Waals surface area contributed by atoms with Crippen LogP contribution in [-0.2, 0) is 0 Å². The molecule has 3 heteroatoms. The lowest BCUT2D eigenvalue weighted by Gasteiger charge is -2.12. The van der Waals surface area contributed by atoms with Crippen LogP contribution in [0.4, 0.5) is 0 Å². The van der Waals surface area contributed by atoms with E-state index >= 15 is 0 Å². The van der Waals surface area contributed by atoms with E-state index in [0.717, 1.165) is 23.3 Å². The van der Waals surface area contributed by atoms with Gasteiger partial charge in [-0.25, -0.2) is 4.98 Å². The average molecular weight is 261 g/mol. The van der Waals surface area contributed by atoms with E-state index in [1.165, 1.54) is 5.56 Å². The molecule has 1 unspecified atom stereocenters. The third-order valence-corrected chi connectivity index (χ3v) is 3.57. The Bertz CT molecular complexity index is 766. The number of fused-ring (bicyclic) bond motifs is 1. The van der Waals surface area contributed by atoms with E-state index in [4.69, 9.17) is 5.26 Å². The van der Waals surface area contributed by atoms with E-state index < -0.39 is 0 Å². The van der Waals surface area contributed by atoms with E-state index in [1.54, 1.807) is 6.07 Å². The predicted octanol–water partition coefficient (Wildman–Crippen LogP) is 3.98. The Hall–Kier alpha value is -2.60. The molecule has 0 saturated heterocycles. The zero-order chi connectivity index (χ0) is 13.9. The maximum absolute atomic E-state index is 8.95. The first kappa shape index (κ1) is 12.4. The van der Waals surface area contributed by atoms with Crippen molar-refractivity contribution in [3.8, 4) is 6.07 Å². The van der Waals surface area contributed by atoms with Gasteiger partial charge in [-0.2, -0.15) is 5.26 Å². The molecule has 0 bridgehead atoms. The summed E-state index contributed by atoms with van der Waals surface area (Å²) in [5, 5.41) is 8.95. The molecule has 3 rings (SSSR count). The van der Waals surface area contributed by atoms with Gasteiger partial charge in [-0.05, 0) is 30.2 Å². The van der Waals surface area contributed by atoms with Crippen molar-refractivity contribution >= 4 is 11.0 Å². The number of hydrogen-bond donors (Lipinski definition) is 1. The molecule has 0 saturated carbocycles. The highest BCUT2D eigenvalue weighted by molar-refractivity contribution is 5.77. The van der Waals surface area contributed by atoms with Gasteiger partial charge in [0.1, 0.15) is 5.82 Å². The van der Waals surface area contributed by atoms with Crippen LogP contribution in [0.5, 0.6) is 0 Å². The van der Waals surface area contributed by atoms with Crippen molar-refractivity contribution in [1.82, 2.24) is 9.97 Å².